The van der Waals surface area contributed by atoms with Crippen LogP contribution in [0.25, 0.3) is 10.8 Å². The van der Waals surface area contributed by atoms with Gasteiger partial charge in [0.2, 0.25) is 0 Å². The molecule has 0 bridgehead atoms. The summed E-state index contributed by atoms with van der Waals surface area (Å²) in [6, 6.07) is 6.01. The van der Waals surface area contributed by atoms with Crippen molar-refractivity contribution in [1.82, 2.24) is 4.98 Å². The normalized spacial score (nSPS) is 18.1. The highest BCUT2D eigenvalue weighted by atomic mass is 16.5. The predicted octanol–water partition coefficient (Wildman–Crippen LogP) is 3.05. The Morgan fingerprint density at radius 1 is 1.25 bits per heavy atom. The van der Waals surface area contributed by atoms with Gasteiger partial charge < -0.3 is 15.8 Å². The third kappa shape index (κ3) is 2.56. The van der Waals surface area contributed by atoms with E-state index in [-0.39, 0.29) is 0 Å². The Morgan fingerprint density at radius 3 is 2.85 bits per heavy atom. The Balaban J connectivity index is 1.82. The van der Waals surface area contributed by atoms with Crippen molar-refractivity contribution in [3.8, 4) is 0 Å². The molecule has 0 radical (unpaired) electrons. The van der Waals surface area contributed by atoms with Gasteiger partial charge in [-0.2, -0.15) is 0 Å². The Bertz CT molecular complexity index is 606. The van der Waals surface area contributed by atoms with Crippen molar-refractivity contribution in [3.05, 3.63) is 30.6 Å². The van der Waals surface area contributed by atoms with E-state index >= 15 is 0 Å². The molecule has 1 aliphatic rings. The molecule has 0 aliphatic carbocycles. The fourth-order valence-corrected chi connectivity index (χ4v) is 2.72. The topological polar surface area (TPSA) is 60.2 Å². The first-order chi connectivity index (χ1) is 9.68. The number of ether oxygens (including phenoxy) is 1. The van der Waals surface area contributed by atoms with E-state index in [4.69, 9.17) is 10.5 Å². The standard InChI is InChI=1S/C16H21N3O/c1-16(5-8-20-9-6-16)11-19-15-3-2-14(17)13-10-18-7-4-12(13)15/h2-4,7,10,19H,5-6,8-9,11,17H2,1H3. The molecule has 20 heavy (non-hydrogen) atoms. The number of benzene rings is 1. The van der Waals surface area contributed by atoms with Crippen molar-refractivity contribution in [3.63, 3.8) is 0 Å². The summed E-state index contributed by atoms with van der Waals surface area (Å²) in [6.45, 7) is 5.01. The number of nitrogen functional groups attached to an aromatic ring is 1. The van der Waals surface area contributed by atoms with Crippen LogP contribution >= 0.6 is 0 Å². The Morgan fingerprint density at radius 2 is 2.05 bits per heavy atom. The van der Waals surface area contributed by atoms with E-state index in [2.05, 4.69) is 23.3 Å². The van der Waals surface area contributed by atoms with Gasteiger partial charge in [-0.25, -0.2) is 0 Å². The van der Waals surface area contributed by atoms with Crippen LogP contribution in [0.15, 0.2) is 30.6 Å². The molecule has 4 nitrogen and oxygen atoms in total. The van der Waals surface area contributed by atoms with Gasteiger partial charge in [0.25, 0.3) is 0 Å². The first-order valence-corrected chi connectivity index (χ1v) is 7.12. The average Bonchev–Trinajstić information content (AvgIpc) is 2.48. The van der Waals surface area contributed by atoms with Crippen LogP contribution < -0.4 is 11.1 Å². The van der Waals surface area contributed by atoms with E-state index in [1.165, 1.54) is 0 Å². The fraction of sp³-hybridized carbons (Fsp3) is 0.438. The summed E-state index contributed by atoms with van der Waals surface area (Å²) in [6.07, 6.45) is 5.85. The first-order valence-electron chi connectivity index (χ1n) is 7.12. The summed E-state index contributed by atoms with van der Waals surface area (Å²) in [5.74, 6) is 0. The van der Waals surface area contributed by atoms with Crippen molar-refractivity contribution < 1.29 is 4.74 Å². The molecule has 0 spiro atoms. The molecule has 3 N–H and O–H groups in total. The molecular formula is C16H21N3O. The summed E-state index contributed by atoms with van der Waals surface area (Å²) in [7, 11) is 0. The molecule has 1 aliphatic heterocycles. The lowest BCUT2D eigenvalue weighted by atomic mass is 9.82. The lowest BCUT2D eigenvalue weighted by molar-refractivity contribution is 0.0300. The van der Waals surface area contributed by atoms with E-state index < -0.39 is 0 Å². The second-order valence-corrected chi connectivity index (χ2v) is 5.90. The van der Waals surface area contributed by atoms with Crippen LogP contribution in [-0.4, -0.2) is 24.7 Å². The van der Waals surface area contributed by atoms with Gasteiger partial charge in [0, 0.05) is 54.3 Å². The Kier molecular flexibility index (Phi) is 3.49. The number of hydrogen-bond acceptors (Lipinski definition) is 4. The first kappa shape index (κ1) is 13.2. The molecule has 0 amide bonds. The summed E-state index contributed by atoms with van der Waals surface area (Å²) in [5, 5.41) is 5.73. The maximum absolute atomic E-state index is 6.01. The van der Waals surface area contributed by atoms with Gasteiger partial charge in [-0.05, 0) is 36.5 Å². The van der Waals surface area contributed by atoms with Crippen molar-refractivity contribution >= 4 is 22.1 Å². The van der Waals surface area contributed by atoms with Crippen molar-refractivity contribution in [2.45, 2.75) is 19.8 Å². The highest BCUT2D eigenvalue weighted by molar-refractivity contribution is 6.00. The highest BCUT2D eigenvalue weighted by Crippen LogP contribution is 2.32. The van der Waals surface area contributed by atoms with E-state index in [1.807, 2.05) is 24.5 Å². The van der Waals surface area contributed by atoms with Crippen LogP contribution in [0.1, 0.15) is 19.8 Å². The number of nitrogens with two attached hydrogens (primary N) is 1. The number of rotatable bonds is 3. The minimum absolute atomic E-state index is 0.305. The van der Waals surface area contributed by atoms with Gasteiger partial charge in [0.1, 0.15) is 0 Å². The lowest BCUT2D eigenvalue weighted by Crippen LogP contribution is -2.33. The van der Waals surface area contributed by atoms with Crippen LogP contribution in [0.3, 0.4) is 0 Å². The number of pyridine rings is 1. The van der Waals surface area contributed by atoms with Crippen LogP contribution in [0, 0.1) is 5.41 Å². The second kappa shape index (κ2) is 5.29. The Labute approximate surface area is 119 Å². The van der Waals surface area contributed by atoms with E-state index in [0.29, 0.717) is 5.41 Å². The molecule has 1 fully saturated rings. The molecule has 2 aromatic rings. The molecule has 0 unspecified atom stereocenters. The molecule has 106 valence electrons. The average molecular weight is 271 g/mol. The lowest BCUT2D eigenvalue weighted by Gasteiger charge is -2.34. The van der Waals surface area contributed by atoms with E-state index in [0.717, 1.165) is 54.7 Å². The Hall–Kier alpha value is -1.81. The third-order valence-electron chi connectivity index (χ3n) is 4.26. The zero-order valence-corrected chi connectivity index (χ0v) is 11.9. The maximum Gasteiger partial charge on any atom is 0.0471 e. The number of nitrogens with zero attached hydrogens (tertiary/aromatic N) is 1. The SMILES string of the molecule is CC1(CNc2ccc(N)c3cnccc23)CCOCC1. The second-order valence-electron chi connectivity index (χ2n) is 5.90. The number of fused-ring (bicyclic) bond motifs is 1. The monoisotopic (exact) mass is 271 g/mol. The van der Waals surface area contributed by atoms with E-state index in [1.54, 1.807) is 0 Å². The largest absolute Gasteiger partial charge is 0.398 e. The van der Waals surface area contributed by atoms with Crippen LogP contribution in [-0.2, 0) is 4.74 Å². The molecule has 0 atom stereocenters. The number of hydrogen-bond donors (Lipinski definition) is 2. The summed E-state index contributed by atoms with van der Waals surface area (Å²) >= 11 is 0. The predicted molar refractivity (Wildman–Crippen MR) is 82.8 cm³/mol. The minimum Gasteiger partial charge on any atom is -0.398 e. The number of aromatic nitrogens is 1. The zero-order chi connectivity index (χ0) is 14.0. The van der Waals surface area contributed by atoms with Gasteiger partial charge >= 0.3 is 0 Å². The van der Waals surface area contributed by atoms with Gasteiger partial charge in [-0.15, -0.1) is 0 Å². The molecule has 2 heterocycles. The van der Waals surface area contributed by atoms with Gasteiger partial charge in [0.15, 0.2) is 0 Å². The van der Waals surface area contributed by atoms with Crippen molar-refractivity contribution in [1.29, 1.82) is 0 Å². The summed E-state index contributed by atoms with van der Waals surface area (Å²) < 4.78 is 5.45. The molecule has 1 aromatic carbocycles. The summed E-state index contributed by atoms with van der Waals surface area (Å²) in [5.41, 5.74) is 8.21. The quantitative estimate of drug-likeness (QED) is 0.842. The fourth-order valence-electron chi connectivity index (χ4n) is 2.72. The van der Waals surface area contributed by atoms with Crippen LogP contribution in [0.2, 0.25) is 0 Å². The van der Waals surface area contributed by atoms with Gasteiger partial charge in [0.05, 0.1) is 0 Å². The zero-order valence-electron chi connectivity index (χ0n) is 11.9. The third-order valence-corrected chi connectivity index (χ3v) is 4.26. The van der Waals surface area contributed by atoms with Crippen molar-refractivity contribution in [2.24, 2.45) is 5.41 Å². The molecule has 3 rings (SSSR count). The smallest absolute Gasteiger partial charge is 0.0471 e. The van der Waals surface area contributed by atoms with Crippen molar-refractivity contribution in [2.75, 3.05) is 30.8 Å². The number of anilines is 2. The summed E-state index contributed by atoms with van der Waals surface area (Å²) in [4.78, 5) is 4.15. The molecule has 0 saturated carbocycles. The molecular weight excluding hydrogens is 250 g/mol. The maximum atomic E-state index is 6.01. The highest BCUT2D eigenvalue weighted by Gasteiger charge is 2.27. The van der Waals surface area contributed by atoms with Crippen LogP contribution in [0.5, 0.6) is 0 Å². The molecule has 4 heteroatoms. The van der Waals surface area contributed by atoms with Gasteiger partial charge in [-0.1, -0.05) is 6.92 Å². The molecule has 1 saturated heterocycles. The van der Waals surface area contributed by atoms with Crippen LogP contribution in [0.4, 0.5) is 11.4 Å². The number of nitrogens with one attached hydrogen (secondary N) is 1. The van der Waals surface area contributed by atoms with E-state index in [9.17, 15) is 0 Å². The minimum atomic E-state index is 0.305. The van der Waals surface area contributed by atoms with Gasteiger partial charge in [-0.3, -0.25) is 4.98 Å². The molecule has 1 aromatic heterocycles.